The van der Waals surface area contributed by atoms with Crippen molar-refractivity contribution in [3.8, 4) is 11.4 Å². The molecule has 3 aromatic carbocycles. The van der Waals surface area contributed by atoms with E-state index in [1.807, 2.05) is 42.5 Å². The van der Waals surface area contributed by atoms with Crippen LogP contribution in [0.2, 0.25) is 0 Å². The molecule has 0 aliphatic heterocycles. The predicted octanol–water partition coefficient (Wildman–Crippen LogP) is 4.28. The third-order valence-corrected chi connectivity index (χ3v) is 5.62. The molecule has 1 unspecified atom stereocenters. The summed E-state index contributed by atoms with van der Waals surface area (Å²) in [5, 5.41) is 14.6. The SMILES string of the molecule is COc1ccc(-n2nnnc2SC(C(=O)Nc2ccc(F)cc2)c2ccccc2)cc1. The van der Waals surface area contributed by atoms with Crippen molar-refractivity contribution in [2.45, 2.75) is 10.4 Å². The van der Waals surface area contributed by atoms with Gasteiger partial charge in [-0.3, -0.25) is 4.79 Å². The molecule has 4 aromatic rings. The molecule has 0 spiro atoms. The molecule has 0 fully saturated rings. The molecule has 0 radical (unpaired) electrons. The molecule has 1 atom stereocenters. The Labute approximate surface area is 182 Å². The molecule has 1 aromatic heterocycles. The van der Waals surface area contributed by atoms with Crippen LogP contribution in [0.25, 0.3) is 5.69 Å². The smallest absolute Gasteiger partial charge is 0.242 e. The summed E-state index contributed by atoms with van der Waals surface area (Å²) in [5.74, 6) is 0.0737. The van der Waals surface area contributed by atoms with Gasteiger partial charge in [0.1, 0.15) is 16.8 Å². The quantitative estimate of drug-likeness (QED) is 0.436. The Morgan fingerprint density at radius 2 is 1.74 bits per heavy atom. The monoisotopic (exact) mass is 435 g/mol. The van der Waals surface area contributed by atoms with E-state index in [9.17, 15) is 9.18 Å². The van der Waals surface area contributed by atoms with Gasteiger partial charge in [0, 0.05) is 5.69 Å². The normalized spacial score (nSPS) is 11.7. The average Bonchev–Trinajstić information content (AvgIpc) is 3.28. The lowest BCUT2D eigenvalue weighted by Gasteiger charge is -2.16. The number of aromatic nitrogens is 4. The maximum atomic E-state index is 13.2. The third kappa shape index (κ3) is 4.89. The van der Waals surface area contributed by atoms with Crippen molar-refractivity contribution in [3.63, 3.8) is 0 Å². The molecule has 0 aliphatic carbocycles. The number of anilines is 1. The number of halogens is 1. The highest BCUT2D eigenvalue weighted by Crippen LogP contribution is 2.35. The molecule has 156 valence electrons. The van der Waals surface area contributed by atoms with Crippen molar-refractivity contribution in [1.82, 2.24) is 20.2 Å². The first kappa shape index (κ1) is 20.5. The minimum Gasteiger partial charge on any atom is -0.497 e. The molecule has 0 aliphatic rings. The summed E-state index contributed by atoms with van der Waals surface area (Å²) in [5.41, 5.74) is 2.03. The zero-order valence-electron chi connectivity index (χ0n) is 16.5. The lowest BCUT2D eigenvalue weighted by atomic mass is 10.1. The predicted molar refractivity (Wildman–Crippen MR) is 116 cm³/mol. The summed E-state index contributed by atoms with van der Waals surface area (Å²) in [6, 6.07) is 22.2. The first-order chi connectivity index (χ1) is 15.1. The molecule has 0 saturated heterocycles. The molecular weight excluding hydrogens is 417 g/mol. The molecule has 0 bridgehead atoms. The summed E-state index contributed by atoms with van der Waals surface area (Å²) in [6.45, 7) is 0. The highest BCUT2D eigenvalue weighted by molar-refractivity contribution is 8.00. The largest absolute Gasteiger partial charge is 0.497 e. The van der Waals surface area contributed by atoms with Gasteiger partial charge >= 0.3 is 0 Å². The van der Waals surface area contributed by atoms with Gasteiger partial charge in [0.15, 0.2) is 0 Å². The highest BCUT2D eigenvalue weighted by Gasteiger charge is 2.25. The van der Waals surface area contributed by atoms with Gasteiger partial charge in [0.2, 0.25) is 11.1 Å². The van der Waals surface area contributed by atoms with Gasteiger partial charge in [0.05, 0.1) is 12.8 Å². The summed E-state index contributed by atoms with van der Waals surface area (Å²) in [4.78, 5) is 13.1. The van der Waals surface area contributed by atoms with Crippen LogP contribution in [0.1, 0.15) is 10.8 Å². The molecular formula is C22H18FN5O2S. The van der Waals surface area contributed by atoms with E-state index in [1.165, 1.54) is 36.0 Å². The number of amides is 1. The molecule has 7 nitrogen and oxygen atoms in total. The fourth-order valence-corrected chi connectivity index (χ4v) is 3.88. The minimum absolute atomic E-state index is 0.271. The van der Waals surface area contributed by atoms with E-state index in [2.05, 4.69) is 20.8 Å². The number of thioether (sulfide) groups is 1. The van der Waals surface area contributed by atoms with Gasteiger partial charge in [-0.05, 0) is 64.5 Å². The Balaban J connectivity index is 1.62. The number of benzene rings is 3. The van der Waals surface area contributed by atoms with Gasteiger partial charge in [-0.2, -0.15) is 4.68 Å². The number of ether oxygens (including phenoxy) is 1. The Bertz CT molecular complexity index is 1150. The molecule has 9 heteroatoms. The Morgan fingerprint density at radius 3 is 2.42 bits per heavy atom. The lowest BCUT2D eigenvalue weighted by Crippen LogP contribution is -2.19. The summed E-state index contributed by atoms with van der Waals surface area (Å²) in [7, 11) is 1.59. The second kappa shape index (κ2) is 9.40. The fourth-order valence-electron chi connectivity index (χ4n) is 2.89. The van der Waals surface area contributed by atoms with Gasteiger partial charge in [-0.15, -0.1) is 5.10 Å². The second-order valence-electron chi connectivity index (χ2n) is 6.48. The van der Waals surface area contributed by atoms with Crippen LogP contribution in [0.4, 0.5) is 10.1 Å². The van der Waals surface area contributed by atoms with Gasteiger partial charge in [-0.25, -0.2) is 4.39 Å². The van der Waals surface area contributed by atoms with Gasteiger partial charge in [-0.1, -0.05) is 42.1 Å². The minimum atomic E-state index is -0.630. The van der Waals surface area contributed by atoms with Crippen LogP contribution in [-0.2, 0) is 4.79 Å². The van der Waals surface area contributed by atoms with E-state index in [0.717, 1.165) is 11.3 Å². The third-order valence-electron chi connectivity index (χ3n) is 4.43. The Hall–Kier alpha value is -3.72. The van der Waals surface area contributed by atoms with E-state index < -0.39 is 5.25 Å². The van der Waals surface area contributed by atoms with Crippen LogP contribution in [0.3, 0.4) is 0 Å². The Morgan fingerprint density at radius 1 is 1.03 bits per heavy atom. The van der Waals surface area contributed by atoms with Crippen molar-refractivity contribution >= 4 is 23.4 Å². The standard InChI is InChI=1S/C22H18FN5O2S/c1-30-19-13-11-18(12-14-19)28-22(25-26-27-28)31-20(15-5-3-2-4-6-15)21(29)24-17-9-7-16(23)8-10-17/h2-14,20H,1H3,(H,24,29). The van der Waals surface area contributed by atoms with Crippen LogP contribution in [0.15, 0.2) is 84.0 Å². The molecule has 0 saturated carbocycles. The molecule has 1 amide bonds. The van der Waals surface area contributed by atoms with E-state index in [0.29, 0.717) is 16.6 Å². The number of nitrogens with one attached hydrogen (secondary N) is 1. The zero-order chi connectivity index (χ0) is 21.6. The topological polar surface area (TPSA) is 81.9 Å². The number of methoxy groups -OCH3 is 1. The summed E-state index contributed by atoms with van der Waals surface area (Å²) >= 11 is 1.22. The van der Waals surface area contributed by atoms with Crippen LogP contribution >= 0.6 is 11.8 Å². The van der Waals surface area contributed by atoms with Crippen molar-refractivity contribution in [1.29, 1.82) is 0 Å². The fraction of sp³-hybridized carbons (Fsp3) is 0.0909. The van der Waals surface area contributed by atoms with Gasteiger partial charge in [0.25, 0.3) is 0 Å². The van der Waals surface area contributed by atoms with Crippen molar-refractivity contribution in [2.75, 3.05) is 12.4 Å². The maximum absolute atomic E-state index is 13.2. The van der Waals surface area contributed by atoms with E-state index >= 15 is 0 Å². The van der Waals surface area contributed by atoms with E-state index in [1.54, 1.807) is 23.9 Å². The highest BCUT2D eigenvalue weighted by atomic mass is 32.2. The number of nitrogens with zero attached hydrogens (tertiary/aromatic N) is 4. The van der Waals surface area contributed by atoms with Crippen LogP contribution in [0, 0.1) is 5.82 Å². The zero-order valence-corrected chi connectivity index (χ0v) is 17.3. The Kier molecular flexibility index (Phi) is 6.23. The van der Waals surface area contributed by atoms with E-state index in [4.69, 9.17) is 4.74 Å². The maximum Gasteiger partial charge on any atom is 0.242 e. The number of carbonyl (C=O) groups is 1. The number of carbonyl (C=O) groups excluding carboxylic acids is 1. The van der Waals surface area contributed by atoms with Crippen molar-refractivity contribution < 1.29 is 13.9 Å². The molecule has 1 N–H and O–H groups in total. The van der Waals surface area contributed by atoms with Crippen LogP contribution < -0.4 is 10.1 Å². The van der Waals surface area contributed by atoms with Crippen LogP contribution in [-0.4, -0.2) is 33.2 Å². The van der Waals surface area contributed by atoms with E-state index in [-0.39, 0.29) is 11.7 Å². The van der Waals surface area contributed by atoms with Gasteiger partial charge < -0.3 is 10.1 Å². The average molecular weight is 435 g/mol. The number of hydrogen-bond donors (Lipinski definition) is 1. The first-order valence-corrected chi connectivity index (χ1v) is 10.2. The first-order valence-electron chi connectivity index (χ1n) is 9.35. The van der Waals surface area contributed by atoms with Crippen molar-refractivity contribution in [3.05, 3.63) is 90.2 Å². The number of rotatable bonds is 7. The lowest BCUT2D eigenvalue weighted by molar-refractivity contribution is -0.115. The number of hydrogen-bond acceptors (Lipinski definition) is 6. The molecule has 4 rings (SSSR count). The summed E-state index contributed by atoms with van der Waals surface area (Å²) in [6.07, 6.45) is 0. The molecule has 31 heavy (non-hydrogen) atoms. The number of tetrazole rings is 1. The van der Waals surface area contributed by atoms with Crippen molar-refractivity contribution in [2.24, 2.45) is 0 Å². The van der Waals surface area contributed by atoms with Crippen LogP contribution in [0.5, 0.6) is 5.75 Å². The summed E-state index contributed by atoms with van der Waals surface area (Å²) < 4.78 is 20.0. The second-order valence-corrected chi connectivity index (χ2v) is 7.55. The molecule has 1 heterocycles.